The van der Waals surface area contributed by atoms with E-state index in [0.717, 1.165) is 29.3 Å². The molecular weight excluding hydrogens is 362 g/mol. The van der Waals surface area contributed by atoms with Gasteiger partial charge < -0.3 is 9.47 Å². The number of hydrogen-bond donors (Lipinski definition) is 1. The summed E-state index contributed by atoms with van der Waals surface area (Å²) in [4.78, 5) is 32.2. The molecule has 1 atom stereocenters. The van der Waals surface area contributed by atoms with E-state index in [1.165, 1.54) is 6.20 Å². The quantitative estimate of drug-likeness (QED) is 0.772. The zero-order chi connectivity index (χ0) is 17.6. The number of hydrogen-bond acceptors (Lipinski definition) is 8. The van der Waals surface area contributed by atoms with E-state index in [2.05, 4.69) is 15.3 Å². The smallest absolute Gasteiger partial charge is 0.357 e. The number of anilines is 1. The number of esters is 1. The lowest BCUT2D eigenvalue weighted by molar-refractivity contribution is 0.0520. The van der Waals surface area contributed by atoms with Crippen molar-refractivity contribution in [3.8, 4) is 5.88 Å². The fourth-order valence-corrected chi connectivity index (χ4v) is 3.96. The summed E-state index contributed by atoms with van der Waals surface area (Å²) in [7, 11) is 0. The number of nitrogens with one attached hydrogen (secondary N) is 1. The van der Waals surface area contributed by atoms with Crippen LogP contribution in [-0.4, -0.2) is 46.1 Å². The van der Waals surface area contributed by atoms with Crippen LogP contribution in [0, 0.1) is 0 Å². The molecule has 1 fully saturated rings. The predicted octanol–water partition coefficient (Wildman–Crippen LogP) is 2.85. The molecule has 0 aliphatic carbocycles. The Bertz CT molecular complexity index is 759. The number of amides is 1. The van der Waals surface area contributed by atoms with Crippen LogP contribution in [0.1, 0.15) is 34.2 Å². The molecule has 1 aliphatic rings. The zero-order valence-corrected chi connectivity index (χ0v) is 15.2. The van der Waals surface area contributed by atoms with Gasteiger partial charge in [-0.3, -0.25) is 10.1 Å². The zero-order valence-electron chi connectivity index (χ0n) is 13.6. The van der Waals surface area contributed by atoms with Crippen LogP contribution < -0.4 is 10.1 Å². The van der Waals surface area contributed by atoms with Crippen LogP contribution in [0.3, 0.4) is 0 Å². The van der Waals surface area contributed by atoms with E-state index >= 15 is 0 Å². The first-order valence-electron chi connectivity index (χ1n) is 7.80. The van der Waals surface area contributed by atoms with Gasteiger partial charge in [-0.25, -0.2) is 14.8 Å². The molecule has 1 N–H and O–H groups in total. The number of nitrogens with zero attached hydrogens (tertiary/aromatic N) is 2. The molecule has 1 saturated heterocycles. The molecule has 0 spiro atoms. The van der Waals surface area contributed by atoms with Crippen molar-refractivity contribution in [1.82, 2.24) is 9.97 Å². The van der Waals surface area contributed by atoms with Crippen LogP contribution in [0.15, 0.2) is 23.7 Å². The fraction of sp³-hybridized carbons (Fsp3) is 0.375. The van der Waals surface area contributed by atoms with Crippen molar-refractivity contribution in [3.05, 3.63) is 35.0 Å². The molecule has 0 radical (unpaired) electrons. The first-order chi connectivity index (χ1) is 12.2. The molecule has 9 heteroatoms. The number of carbonyl (C=O) groups excluding carboxylic acids is 2. The van der Waals surface area contributed by atoms with Crippen LogP contribution in [-0.2, 0) is 4.74 Å². The Kier molecular flexibility index (Phi) is 5.87. The molecule has 0 saturated carbocycles. The van der Waals surface area contributed by atoms with E-state index in [-0.39, 0.29) is 24.3 Å². The Hall–Kier alpha value is -2.13. The van der Waals surface area contributed by atoms with Crippen molar-refractivity contribution in [2.24, 2.45) is 0 Å². The Labute approximate surface area is 153 Å². The molecule has 2 aromatic heterocycles. The number of thioether (sulfide) groups is 1. The number of pyridine rings is 1. The van der Waals surface area contributed by atoms with Gasteiger partial charge in [0.15, 0.2) is 10.8 Å². The fourth-order valence-electron chi connectivity index (χ4n) is 2.19. The minimum absolute atomic E-state index is 0.141. The van der Waals surface area contributed by atoms with Crippen LogP contribution >= 0.6 is 23.1 Å². The summed E-state index contributed by atoms with van der Waals surface area (Å²) in [6, 6.07) is 3.21. The first kappa shape index (κ1) is 17.7. The van der Waals surface area contributed by atoms with Crippen LogP contribution in [0.25, 0.3) is 0 Å². The molecule has 1 aliphatic heterocycles. The maximum absolute atomic E-state index is 12.4. The average molecular weight is 379 g/mol. The number of aromatic nitrogens is 2. The monoisotopic (exact) mass is 379 g/mol. The highest BCUT2D eigenvalue weighted by Crippen LogP contribution is 2.23. The van der Waals surface area contributed by atoms with Crippen LogP contribution in [0.4, 0.5) is 5.13 Å². The van der Waals surface area contributed by atoms with Crippen LogP contribution in [0.5, 0.6) is 5.88 Å². The van der Waals surface area contributed by atoms with E-state index in [0.29, 0.717) is 16.6 Å². The highest BCUT2D eigenvalue weighted by Gasteiger charge is 2.19. The Morgan fingerprint density at radius 1 is 1.44 bits per heavy atom. The Balaban J connectivity index is 1.63. The molecule has 0 bridgehead atoms. The SMILES string of the molecule is CCOC(=O)c1csc(NC(=O)c2ccnc(OC3CCSC3)c2)n1. The number of thiazole rings is 1. The van der Waals surface area contributed by atoms with Crippen molar-refractivity contribution in [2.75, 3.05) is 23.4 Å². The van der Waals surface area contributed by atoms with Gasteiger partial charge >= 0.3 is 5.97 Å². The summed E-state index contributed by atoms with van der Waals surface area (Å²) in [5.74, 6) is 1.61. The first-order valence-corrected chi connectivity index (χ1v) is 9.83. The molecule has 0 aromatic carbocycles. The van der Waals surface area contributed by atoms with Crippen molar-refractivity contribution in [1.29, 1.82) is 0 Å². The topological polar surface area (TPSA) is 90.4 Å². The maximum atomic E-state index is 12.4. The van der Waals surface area contributed by atoms with Gasteiger partial charge in [0.1, 0.15) is 6.10 Å². The third-order valence-electron chi connectivity index (χ3n) is 3.38. The standard InChI is InChI=1S/C16H17N3O4S2/c1-2-22-15(21)12-9-25-16(18-12)19-14(20)10-3-5-17-13(7-10)23-11-4-6-24-8-11/h3,5,7,9,11H,2,4,6,8H2,1H3,(H,18,19,20). The molecule has 7 nitrogen and oxygen atoms in total. The lowest BCUT2D eigenvalue weighted by Crippen LogP contribution is -2.17. The molecule has 1 amide bonds. The van der Waals surface area contributed by atoms with Crippen LogP contribution in [0.2, 0.25) is 0 Å². The lowest BCUT2D eigenvalue weighted by Gasteiger charge is -2.11. The molecular formula is C16H17N3O4S2. The van der Waals surface area contributed by atoms with Crippen molar-refractivity contribution < 1.29 is 19.1 Å². The predicted molar refractivity (Wildman–Crippen MR) is 96.6 cm³/mol. The van der Waals surface area contributed by atoms with E-state index in [4.69, 9.17) is 9.47 Å². The maximum Gasteiger partial charge on any atom is 0.357 e. The normalized spacial score (nSPS) is 16.4. The number of rotatable bonds is 6. The minimum Gasteiger partial charge on any atom is -0.473 e. The summed E-state index contributed by atoms with van der Waals surface area (Å²) in [6.45, 7) is 2.00. The van der Waals surface area contributed by atoms with E-state index < -0.39 is 5.97 Å². The van der Waals surface area contributed by atoms with Gasteiger partial charge in [-0.2, -0.15) is 11.8 Å². The summed E-state index contributed by atoms with van der Waals surface area (Å²) in [5.41, 5.74) is 0.600. The minimum atomic E-state index is -0.506. The molecule has 3 rings (SSSR count). The number of ether oxygens (including phenoxy) is 2. The largest absolute Gasteiger partial charge is 0.473 e. The highest BCUT2D eigenvalue weighted by atomic mass is 32.2. The van der Waals surface area contributed by atoms with Gasteiger partial charge in [-0.1, -0.05) is 0 Å². The van der Waals surface area contributed by atoms with Gasteiger partial charge in [-0.15, -0.1) is 11.3 Å². The molecule has 3 heterocycles. The molecule has 2 aromatic rings. The van der Waals surface area contributed by atoms with Gasteiger partial charge in [0, 0.05) is 29.0 Å². The van der Waals surface area contributed by atoms with E-state index in [9.17, 15) is 9.59 Å². The summed E-state index contributed by atoms with van der Waals surface area (Å²) in [6.07, 6.45) is 2.67. The van der Waals surface area contributed by atoms with Crippen molar-refractivity contribution in [3.63, 3.8) is 0 Å². The van der Waals surface area contributed by atoms with E-state index in [1.807, 2.05) is 11.8 Å². The van der Waals surface area contributed by atoms with Gasteiger partial charge in [0.25, 0.3) is 5.91 Å². The Morgan fingerprint density at radius 3 is 3.08 bits per heavy atom. The second-order valence-electron chi connectivity index (χ2n) is 5.20. The summed E-state index contributed by atoms with van der Waals surface area (Å²) < 4.78 is 10.7. The Morgan fingerprint density at radius 2 is 2.32 bits per heavy atom. The number of carbonyl (C=O) groups is 2. The van der Waals surface area contributed by atoms with Gasteiger partial charge in [0.2, 0.25) is 5.88 Å². The molecule has 1 unspecified atom stereocenters. The third kappa shape index (κ3) is 4.70. The highest BCUT2D eigenvalue weighted by molar-refractivity contribution is 7.99. The summed E-state index contributed by atoms with van der Waals surface area (Å²) in [5, 5.41) is 4.55. The van der Waals surface area contributed by atoms with E-state index in [1.54, 1.807) is 24.4 Å². The van der Waals surface area contributed by atoms with Crippen molar-refractivity contribution >= 4 is 40.1 Å². The van der Waals surface area contributed by atoms with Crippen molar-refractivity contribution in [2.45, 2.75) is 19.4 Å². The molecule has 25 heavy (non-hydrogen) atoms. The second-order valence-corrected chi connectivity index (χ2v) is 7.21. The van der Waals surface area contributed by atoms with Gasteiger partial charge in [-0.05, 0) is 25.2 Å². The second kappa shape index (κ2) is 8.30. The molecule has 132 valence electrons. The average Bonchev–Trinajstić information content (AvgIpc) is 3.27. The third-order valence-corrected chi connectivity index (χ3v) is 5.27. The lowest BCUT2D eigenvalue weighted by atomic mass is 10.2. The van der Waals surface area contributed by atoms with Gasteiger partial charge in [0.05, 0.1) is 6.61 Å². The summed E-state index contributed by atoms with van der Waals surface area (Å²) >= 11 is 3.01.